The van der Waals surface area contributed by atoms with Gasteiger partial charge in [0.25, 0.3) is 0 Å². The lowest BCUT2D eigenvalue weighted by atomic mass is 9.99. The van der Waals surface area contributed by atoms with E-state index < -0.39 is 10.0 Å². The van der Waals surface area contributed by atoms with E-state index in [0.717, 1.165) is 24.2 Å². The Morgan fingerprint density at radius 3 is 2.50 bits per heavy atom. The van der Waals surface area contributed by atoms with Crippen LogP contribution in [0.4, 0.5) is 0 Å². The molecule has 0 saturated carbocycles. The van der Waals surface area contributed by atoms with E-state index in [4.69, 9.17) is 0 Å². The largest absolute Gasteiger partial charge is 0.337 e. The molecule has 26 heavy (non-hydrogen) atoms. The molecule has 2 aliphatic heterocycles. The fourth-order valence-corrected chi connectivity index (χ4v) is 5.22. The summed E-state index contributed by atoms with van der Waals surface area (Å²) in [6.07, 6.45) is 0.684. The van der Waals surface area contributed by atoms with Gasteiger partial charge in [0, 0.05) is 39.3 Å². The van der Waals surface area contributed by atoms with E-state index in [1.54, 1.807) is 22.3 Å². The third-order valence-corrected chi connectivity index (χ3v) is 7.41. The summed E-state index contributed by atoms with van der Waals surface area (Å²) in [7, 11) is 0.206. The number of carbonyl (C=O) groups excluding carboxylic acids is 1. The first kappa shape index (κ1) is 19.3. The maximum Gasteiger partial charge on any atom is 0.243 e. The van der Waals surface area contributed by atoms with Gasteiger partial charge >= 0.3 is 0 Å². The highest BCUT2D eigenvalue weighted by Gasteiger charge is 2.33. The molecule has 144 valence electrons. The molecule has 1 atom stereocenters. The third-order valence-electron chi connectivity index (χ3n) is 5.43. The fourth-order valence-electron chi connectivity index (χ4n) is 3.54. The number of hydrogen-bond donors (Lipinski definition) is 1. The number of piperazine rings is 1. The first-order valence-corrected chi connectivity index (χ1v) is 10.5. The van der Waals surface area contributed by atoms with Crippen molar-refractivity contribution >= 4 is 15.9 Å². The molecule has 1 saturated heterocycles. The molecular weight excluding hydrogens is 352 g/mol. The second-order valence-corrected chi connectivity index (χ2v) is 9.03. The van der Waals surface area contributed by atoms with Crippen LogP contribution in [-0.2, 0) is 27.8 Å². The van der Waals surface area contributed by atoms with Crippen LogP contribution < -0.4 is 5.32 Å². The van der Waals surface area contributed by atoms with Gasteiger partial charge in [-0.15, -0.1) is 0 Å². The van der Waals surface area contributed by atoms with Crippen LogP contribution in [0.25, 0.3) is 0 Å². The quantitative estimate of drug-likeness (QED) is 0.803. The highest BCUT2D eigenvalue weighted by Crippen LogP contribution is 2.29. The molecule has 1 amide bonds. The second-order valence-electron chi connectivity index (χ2n) is 7.12. The Hall–Kier alpha value is -1.48. The van der Waals surface area contributed by atoms with E-state index in [2.05, 4.69) is 10.2 Å². The number of sulfonamides is 1. The van der Waals surface area contributed by atoms with Gasteiger partial charge in [0.15, 0.2) is 0 Å². The van der Waals surface area contributed by atoms with Crippen LogP contribution in [-0.4, -0.2) is 81.3 Å². The number of nitrogens with zero attached hydrogens (tertiary/aromatic N) is 3. The van der Waals surface area contributed by atoms with Gasteiger partial charge in [-0.25, -0.2) is 8.42 Å². The summed E-state index contributed by atoms with van der Waals surface area (Å²) < 4.78 is 28.0. The molecule has 3 rings (SSSR count). The molecule has 8 heteroatoms. The van der Waals surface area contributed by atoms with E-state index in [1.807, 2.05) is 26.1 Å². The summed E-state index contributed by atoms with van der Waals surface area (Å²) in [6, 6.07) is 5.19. The monoisotopic (exact) mass is 380 g/mol. The molecule has 0 unspecified atom stereocenters. The Labute approximate surface area is 156 Å². The maximum absolute atomic E-state index is 13.2. The van der Waals surface area contributed by atoms with Gasteiger partial charge in [-0.3, -0.25) is 4.79 Å². The predicted octanol–water partition coefficient (Wildman–Crippen LogP) is 0.115. The van der Waals surface area contributed by atoms with Gasteiger partial charge in [0.2, 0.25) is 15.9 Å². The molecular formula is C18H28N4O3S. The van der Waals surface area contributed by atoms with Gasteiger partial charge in [-0.2, -0.15) is 4.31 Å². The molecule has 2 heterocycles. The van der Waals surface area contributed by atoms with Crippen LogP contribution >= 0.6 is 0 Å². The molecule has 1 fully saturated rings. The third kappa shape index (κ3) is 3.64. The molecule has 1 N–H and O–H groups in total. The number of amides is 1. The highest BCUT2D eigenvalue weighted by atomic mass is 32.2. The zero-order valence-electron chi connectivity index (χ0n) is 15.7. The molecule has 0 aromatic heterocycles. The minimum atomic E-state index is -3.55. The van der Waals surface area contributed by atoms with Crippen molar-refractivity contribution < 1.29 is 13.2 Å². The van der Waals surface area contributed by atoms with Crippen molar-refractivity contribution in [1.29, 1.82) is 0 Å². The minimum absolute atomic E-state index is 0.00458. The smallest absolute Gasteiger partial charge is 0.243 e. The molecule has 0 spiro atoms. The van der Waals surface area contributed by atoms with Crippen molar-refractivity contribution in [3.05, 3.63) is 29.3 Å². The first-order chi connectivity index (χ1) is 12.3. The fraction of sp³-hybridized carbons (Fsp3) is 0.611. The lowest BCUT2D eigenvalue weighted by Gasteiger charge is -2.35. The van der Waals surface area contributed by atoms with Crippen LogP contribution in [0.15, 0.2) is 23.1 Å². The molecule has 0 aliphatic carbocycles. The highest BCUT2D eigenvalue weighted by molar-refractivity contribution is 7.89. The number of likely N-dealkylation sites (N-methyl/N-ethyl adjacent to an activating group) is 2. The van der Waals surface area contributed by atoms with Gasteiger partial charge < -0.3 is 15.1 Å². The average molecular weight is 381 g/mol. The van der Waals surface area contributed by atoms with Gasteiger partial charge in [0.1, 0.15) is 0 Å². The van der Waals surface area contributed by atoms with Crippen molar-refractivity contribution in [2.75, 3.05) is 46.8 Å². The minimum Gasteiger partial charge on any atom is -0.337 e. The van der Waals surface area contributed by atoms with E-state index >= 15 is 0 Å². The average Bonchev–Trinajstić information content (AvgIpc) is 2.66. The van der Waals surface area contributed by atoms with Crippen molar-refractivity contribution in [3.63, 3.8) is 0 Å². The first-order valence-electron chi connectivity index (χ1n) is 9.10. The standard InChI is InChI=1S/C18H28N4O3S/c1-14(19-2)18(23)21-8-7-15-5-4-6-17(16(15)13-21)26(24,25)22-11-9-20(3)10-12-22/h4-6,14,19H,7-13H2,1-3H3/t14-/m0/s1. The zero-order chi connectivity index (χ0) is 18.9. The normalized spacial score (nSPS) is 20.7. The Balaban J connectivity index is 1.90. The maximum atomic E-state index is 13.2. The number of fused-ring (bicyclic) bond motifs is 1. The molecule has 1 aromatic rings. The van der Waals surface area contributed by atoms with Crippen LogP contribution in [0.2, 0.25) is 0 Å². The summed E-state index contributed by atoms with van der Waals surface area (Å²) in [5.74, 6) is 0.00458. The Morgan fingerprint density at radius 1 is 1.15 bits per heavy atom. The van der Waals surface area contributed by atoms with Crippen LogP contribution in [0, 0.1) is 0 Å². The number of carbonyl (C=O) groups is 1. The molecule has 1 aromatic carbocycles. The Morgan fingerprint density at radius 2 is 1.85 bits per heavy atom. The van der Waals surface area contributed by atoms with Crippen LogP contribution in [0.3, 0.4) is 0 Å². The number of benzene rings is 1. The van der Waals surface area contributed by atoms with E-state index in [0.29, 0.717) is 37.5 Å². The lowest BCUT2D eigenvalue weighted by molar-refractivity contribution is -0.133. The van der Waals surface area contributed by atoms with Crippen molar-refractivity contribution in [3.8, 4) is 0 Å². The van der Waals surface area contributed by atoms with Crippen molar-refractivity contribution in [2.45, 2.75) is 30.8 Å². The van der Waals surface area contributed by atoms with Crippen molar-refractivity contribution in [2.24, 2.45) is 0 Å². The molecule has 0 bridgehead atoms. The van der Waals surface area contributed by atoms with Gasteiger partial charge in [0.05, 0.1) is 10.9 Å². The van der Waals surface area contributed by atoms with Crippen LogP contribution in [0.5, 0.6) is 0 Å². The molecule has 2 aliphatic rings. The summed E-state index contributed by atoms with van der Waals surface area (Å²) in [4.78, 5) is 16.8. The SMILES string of the molecule is CN[C@@H](C)C(=O)N1CCc2cccc(S(=O)(=O)N3CCN(C)CC3)c2C1. The summed E-state index contributed by atoms with van der Waals surface area (Å²) >= 11 is 0. The summed E-state index contributed by atoms with van der Waals surface area (Å²) in [6.45, 7) is 5.27. The Kier molecular flexibility index (Phi) is 5.67. The number of nitrogens with one attached hydrogen (secondary N) is 1. The number of hydrogen-bond acceptors (Lipinski definition) is 5. The Bertz CT molecular complexity index is 773. The van der Waals surface area contributed by atoms with Gasteiger partial charge in [-0.1, -0.05) is 12.1 Å². The summed E-state index contributed by atoms with van der Waals surface area (Å²) in [5, 5.41) is 2.96. The number of rotatable bonds is 4. The lowest BCUT2D eigenvalue weighted by Crippen LogP contribution is -2.48. The topological polar surface area (TPSA) is 73.0 Å². The van der Waals surface area contributed by atoms with Crippen LogP contribution in [0.1, 0.15) is 18.1 Å². The second kappa shape index (κ2) is 7.64. The zero-order valence-corrected chi connectivity index (χ0v) is 16.6. The van der Waals surface area contributed by atoms with E-state index in [1.165, 1.54) is 0 Å². The van der Waals surface area contributed by atoms with Crippen molar-refractivity contribution in [1.82, 2.24) is 19.4 Å². The molecule has 0 radical (unpaired) electrons. The molecule has 7 nitrogen and oxygen atoms in total. The predicted molar refractivity (Wildman–Crippen MR) is 100 cm³/mol. The van der Waals surface area contributed by atoms with E-state index in [-0.39, 0.29) is 11.9 Å². The van der Waals surface area contributed by atoms with E-state index in [9.17, 15) is 13.2 Å². The summed E-state index contributed by atoms with van der Waals surface area (Å²) in [5.41, 5.74) is 1.80. The van der Waals surface area contributed by atoms with Gasteiger partial charge in [-0.05, 0) is 44.6 Å².